The fraction of sp³-hybridized carbons (Fsp3) is 0.625. The zero-order chi connectivity index (χ0) is 14.6. The van der Waals surface area contributed by atoms with Crippen LogP contribution in [0.4, 0.5) is 0 Å². The second kappa shape index (κ2) is 6.79. The Hall–Kier alpha value is -0.770. The van der Waals surface area contributed by atoms with Crippen LogP contribution in [0.5, 0.6) is 5.75 Å². The van der Waals surface area contributed by atoms with Gasteiger partial charge in [0.25, 0.3) is 0 Å². The molecular formula is C16H24ClNO2. The first kappa shape index (κ1) is 15.6. The normalized spacial score (nSPS) is 26.5. The summed E-state index contributed by atoms with van der Waals surface area (Å²) < 4.78 is 11.5. The number of rotatable bonds is 5. The highest BCUT2D eigenvalue weighted by Crippen LogP contribution is 2.35. The molecule has 1 fully saturated rings. The Labute approximate surface area is 126 Å². The molecule has 0 atom stereocenters. The lowest BCUT2D eigenvalue weighted by Gasteiger charge is -2.38. The van der Waals surface area contributed by atoms with Crippen molar-refractivity contribution in [1.82, 2.24) is 0 Å². The lowest BCUT2D eigenvalue weighted by atomic mass is 9.79. The summed E-state index contributed by atoms with van der Waals surface area (Å²) in [5.74, 6) is 1.59. The standard InChI is InChI=1S/C16H24ClNO2/c1-12-5-7-16(11-18,8-6-12)20-10-13-9-14(17)3-4-15(13)19-2/h3-4,9,12H,5-8,10-11,18H2,1-2H3. The number of methoxy groups -OCH3 is 1. The van der Waals surface area contributed by atoms with Crippen LogP contribution in [-0.2, 0) is 11.3 Å². The van der Waals surface area contributed by atoms with Crippen LogP contribution in [0, 0.1) is 5.92 Å². The van der Waals surface area contributed by atoms with Gasteiger partial charge in [-0.15, -0.1) is 0 Å². The average molecular weight is 298 g/mol. The van der Waals surface area contributed by atoms with Gasteiger partial charge in [-0.2, -0.15) is 0 Å². The molecule has 20 heavy (non-hydrogen) atoms. The molecule has 2 rings (SSSR count). The Balaban J connectivity index is 2.05. The SMILES string of the molecule is COc1ccc(Cl)cc1COC1(CN)CCC(C)CC1. The van der Waals surface area contributed by atoms with Gasteiger partial charge >= 0.3 is 0 Å². The van der Waals surface area contributed by atoms with E-state index < -0.39 is 0 Å². The Kier molecular flexibility index (Phi) is 5.30. The second-order valence-electron chi connectivity index (χ2n) is 5.81. The third kappa shape index (κ3) is 3.66. The zero-order valence-corrected chi connectivity index (χ0v) is 13.1. The molecule has 0 saturated heterocycles. The molecule has 1 aromatic carbocycles. The Morgan fingerprint density at radius 1 is 1.35 bits per heavy atom. The van der Waals surface area contributed by atoms with Crippen molar-refractivity contribution in [1.29, 1.82) is 0 Å². The van der Waals surface area contributed by atoms with Crippen LogP contribution >= 0.6 is 11.6 Å². The van der Waals surface area contributed by atoms with Crippen molar-refractivity contribution in [3.8, 4) is 5.75 Å². The molecule has 1 aliphatic rings. The molecule has 3 nitrogen and oxygen atoms in total. The molecule has 1 aromatic rings. The third-order valence-electron chi connectivity index (χ3n) is 4.33. The quantitative estimate of drug-likeness (QED) is 0.899. The summed E-state index contributed by atoms with van der Waals surface area (Å²) in [6.07, 6.45) is 4.44. The average Bonchev–Trinajstić information content (AvgIpc) is 2.47. The maximum atomic E-state index is 6.19. The molecule has 0 aromatic heterocycles. The number of benzene rings is 1. The topological polar surface area (TPSA) is 44.5 Å². The van der Waals surface area contributed by atoms with Crippen molar-refractivity contribution in [3.63, 3.8) is 0 Å². The number of nitrogens with two attached hydrogens (primary N) is 1. The van der Waals surface area contributed by atoms with Gasteiger partial charge < -0.3 is 15.2 Å². The van der Waals surface area contributed by atoms with Crippen LogP contribution < -0.4 is 10.5 Å². The van der Waals surface area contributed by atoms with Gasteiger partial charge in [-0.25, -0.2) is 0 Å². The molecule has 0 unspecified atom stereocenters. The minimum absolute atomic E-state index is 0.181. The molecule has 0 spiro atoms. The van der Waals surface area contributed by atoms with Crippen molar-refractivity contribution < 1.29 is 9.47 Å². The predicted octanol–water partition coefficient (Wildman–Crippen LogP) is 3.77. The molecular weight excluding hydrogens is 274 g/mol. The summed E-state index contributed by atoms with van der Waals surface area (Å²) in [6, 6.07) is 5.60. The van der Waals surface area contributed by atoms with Gasteiger partial charge in [0.1, 0.15) is 5.75 Å². The van der Waals surface area contributed by atoms with E-state index in [0.717, 1.165) is 30.1 Å². The molecule has 2 N–H and O–H groups in total. The fourth-order valence-electron chi connectivity index (χ4n) is 2.79. The highest BCUT2D eigenvalue weighted by atomic mass is 35.5. The van der Waals surface area contributed by atoms with E-state index >= 15 is 0 Å². The summed E-state index contributed by atoms with van der Waals surface area (Å²) in [6.45, 7) is 3.36. The first-order valence-electron chi connectivity index (χ1n) is 7.25. The Morgan fingerprint density at radius 3 is 2.65 bits per heavy atom. The van der Waals surface area contributed by atoms with Gasteiger partial charge in [0.05, 0.1) is 19.3 Å². The monoisotopic (exact) mass is 297 g/mol. The molecule has 0 radical (unpaired) electrons. The molecule has 4 heteroatoms. The third-order valence-corrected chi connectivity index (χ3v) is 4.57. The van der Waals surface area contributed by atoms with Gasteiger partial charge in [-0.3, -0.25) is 0 Å². The molecule has 0 heterocycles. The lowest BCUT2D eigenvalue weighted by molar-refractivity contribution is -0.0803. The summed E-state index contributed by atoms with van der Waals surface area (Å²) >= 11 is 6.05. The molecule has 0 bridgehead atoms. The molecule has 1 saturated carbocycles. The number of hydrogen-bond acceptors (Lipinski definition) is 3. The van der Waals surface area contributed by atoms with Crippen LogP contribution in [0.25, 0.3) is 0 Å². The smallest absolute Gasteiger partial charge is 0.124 e. The van der Waals surface area contributed by atoms with Crippen LogP contribution in [-0.4, -0.2) is 19.3 Å². The fourth-order valence-corrected chi connectivity index (χ4v) is 2.98. The highest BCUT2D eigenvalue weighted by molar-refractivity contribution is 6.30. The highest BCUT2D eigenvalue weighted by Gasteiger charge is 2.34. The van der Waals surface area contributed by atoms with Gasteiger partial charge in [0, 0.05) is 17.1 Å². The molecule has 0 amide bonds. The van der Waals surface area contributed by atoms with Crippen molar-refractivity contribution in [2.24, 2.45) is 11.7 Å². The molecule has 112 valence electrons. The number of ether oxygens (including phenoxy) is 2. The van der Waals surface area contributed by atoms with E-state index in [4.69, 9.17) is 26.8 Å². The van der Waals surface area contributed by atoms with Crippen molar-refractivity contribution in [3.05, 3.63) is 28.8 Å². The summed E-state index contributed by atoms with van der Waals surface area (Å²) in [4.78, 5) is 0. The van der Waals surface area contributed by atoms with Crippen LogP contribution in [0.1, 0.15) is 38.2 Å². The van der Waals surface area contributed by atoms with E-state index in [9.17, 15) is 0 Å². The zero-order valence-electron chi connectivity index (χ0n) is 12.3. The summed E-state index contributed by atoms with van der Waals surface area (Å²) in [5.41, 5.74) is 6.76. The van der Waals surface area contributed by atoms with Gasteiger partial charge in [0.15, 0.2) is 0 Å². The van der Waals surface area contributed by atoms with Gasteiger partial charge in [-0.05, 0) is 49.8 Å². The number of halogens is 1. The van der Waals surface area contributed by atoms with Crippen LogP contribution in [0.15, 0.2) is 18.2 Å². The number of hydrogen-bond donors (Lipinski definition) is 1. The van der Waals surface area contributed by atoms with Crippen LogP contribution in [0.2, 0.25) is 5.02 Å². The molecule has 0 aliphatic heterocycles. The van der Waals surface area contributed by atoms with Crippen molar-refractivity contribution in [2.75, 3.05) is 13.7 Å². The van der Waals surface area contributed by atoms with E-state index in [2.05, 4.69) is 6.92 Å². The minimum Gasteiger partial charge on any atom is -0.496 e. The first-order valence-corrected chi connectivity index (χ1v) is 7.63. The van der Waals surface area contributed by atoms with E-state index in [1.807, 2.05) is 18.2 Å². The maximum absolute atomic E-state index is 6.19. The van der Waals surface area contributed by atoms with Crippen molar-refractivity contribution in [2.45, 2.75) is 44.8 Å². The first-order chi connectivity index (χ1) is 9.58. The molecule has 1 aliphatic carbocycles. The van der Waals surface area contributed by atoms with Crippen molar-refractivity contribution >= 4 is 11.6 Å². The van der Waals surface area contributed by atoms with E-state index in [0.29, 0.717) is 18.2 Å². The Bertz CT molecular complexity index is 442. The van der Waals surface area contributed by atoms with Gasteiger partial charge in [0.2, 0.25) is 0 Å². The van der Waals surface area contributed by atoms with E-state index in [-0.39, 0.29) is 5.60 Å². The minimum atomic E-state index is -0.181. The predicted molar refractivity (Wildman–Crippen MR) is 82.2 cm³/mol. The van der Waals surface area contributed by atoms with E-state index in [1.165, 1.54) is 12.8 Å². The maximum Gasteiger partial charge on any atom is 0.124 e. The Morgan fingerprint density at radius 2 is 2.05 bits per heavy atom. The van der Waals surface area contributed by atoms with Gasteiger partial charge in [-0.1, -0.05) is 18.5 Å². The van der Waals surface area contributed by atoms with E-state index in [1.54, 1.807) is 7.11 Å². The lowest BCUT2D eigenvalue weighted by Crippen LogP contribution is -2.43. The summed E-state index contributed by atoms with van der Waals surface area (Å²) in [5, 5.41) is 0.698. The second-order valence-corrected chi connectivity index (χ2v) is 6.25. The van der Waals surface area contributed by atoms with Crippen LogP contribution in [0.3, 0.4) is 0 Å². The summed E-state index contributed by atoms with van der Waals surface area (Å²) in [7, 11) is 1.66. The largest absolute Gasteiger partial charge is 0.496 e.